The molecule has 0 saturated carbocycles. The van der Waals surface area contributed by atoms with Crippen LogP contribution < -0.4 is 0 Å². The second-order valence-electron chi connectivity index (χ2n) is 4.20. The Bertz CT molecular complexity index is 383. The lowest BCUT2D eigenvalue weighted by molar-refractivity contribution is 0.0696. The summed E-state index contributed by atoms with van der Waals surface area (Å²) in [7, 11) is 0. The monoisotopic (exact) mass is 244 g/mol. The molecular formula is C11H13ClO2S. The van der Waals surface area contributed by atoms with Crippen molar-refractivity contribution in [2.45, 2.75) is 30.4 Å². The number of thioether (sulfide) groups is 1. The van der Waals surface area contributed by atoms with Gasteiger partial charge in [-0.1, -0.05) is 32.4 Å². The Morgan fingerprint density at radius 3 is 2.40 bits per heavy atom. The van der Waals surface area contributed by atoms with Crippen LogP contribution in [-0.4, -0.2) is 15.8 Å². The van der Waals surface area contributed by atoms with Crippen LogP contribution in [0.5, 0.6) is 0 Å². The van der Waals surface area contributed by atoms with Crippen molar-refractivity contribution >= 4 is 29.3 Å². The first-order chi connectivity index (χ1) is 6.78. The third-order valence-electron chi connectivity index (χ3n) is 1.54. The van der Waals surface area contributed by atoms with Crippen molar-refractivity contribution in [3.63, 3.8) is 0 Å². The topological polar surface area (TPSA) is 37.3 Å². The van der Waals surface area contributed by atoms with Crippen molar-refractivity contribution < 1.29 is 9.90 Å². The molecule has 0 heterocycles. The Hall–Kier alpha value is -0.670. The molecule has 0 unspecified atom stereocenters. The summed E-state index contributed by atoms with van der Waals surface area (Å²) in [6.07, 6.45) is 0. The summed E-state index contributed by atoms with van der Waals surface area (Å²) in [5.41, 5.74) is 0.231. The molecule has 0 fully saturated rings. The van der Waals surface area contributed by atoms with Crippen LogP contribution in [-0.2, 0) is 0 Å². The third kappa shape index (κ3) is 4.14. The lowest BCUT2D eigenvalue weighted by atomic mass is 10.2. The van der Waals surface area contributed by atoms with Crippen LogP contribution in [0, 0.1) is 0 Å². The number of rotatable bonds is 2. The number of benzene rings is 1. The van der Waals surface area contributed by atoms with Gasteiger partial charge in [0.1, 0.15) is 0 Å². The van der Waals surface area contributed by atoms with E-state index >= 15 is 0 Å². The van der Waals surface area contributed by atoms with Crippen molar-refractivity contribution in [3.05, 3.63) is 28.8 Å². The van der Waals surface area contributed by atoms with Crippen LogP contribution in [0.1, 0.15) is 31.1 Å². The molecule has 1 aromatic carbocycles. The minimum atomic E-state index is -0.951. The molecular weight excluding hydrogens is 232 g/mol. The fourth-order valence-corrected chi connectivity index (χ4v) is 2.48. The molecule has 82 valence electrons. The largest absolute Gasteiger partial charge is 0.478 e. The summed E-state index contributed by atoms with van der Waals surface area (Å²) in [5.74, 6) is -0.951. The molecule has 0 aliphatic carbocycles. The van der Waals surface area contributed by atoms with Crippen molar-refractivity contribution in [1.82, 2.24) is 0 Å². The van der Waals surface area contributed by atoms with Gasteiger partial charge in [0.25, 0.3) is 0 Å². The normalized spacial score (nSPS) is 11.5. The highest BCUT2D eigenvalue weighted by atomic mass is 35.5. The van der Waals surface area contributed by atoms with Gasteiger partial charge in [0, 0.05) is 14.7 Å². The maximum absolute atomic E-state index is 10.8. The van der Waals surface area contributed by atoms with Crippen LogP contribution in [0.4, 0.5) is 0 Å². The van der Waals surface area contributed by atoms with Crippen LogP contribution in [0.15, 0.2) is 23.1 Å². The van der Waals surface area contributed by atoms with E-state index < -0.39 is 5.97 Å². The summed E-state index contributed by atoms with van der Waals surface area (Å²) in [6.45, 7) is 6.21. The third-order valence-corrected chi connectivity index (χ3v) is 2.84. The Balaban J connectivity index is 3.04. The summed E-state index contributed by atoms with van der Waals surface area (Å²) in [6, 6.07) is 4.88. The zero-order valence-electron chi connectivity index (χ0n) is 8.87. The number of carboxylic acid groups (broad SMARTS) is 1. The fraction of sp³-hybridized carbons (Fsp3) is 0.364. The number of carbonyl (C=O) groups is 1. The van der Waals surface area contributed by atoms with E-state index in [0.717, 1.165) is 4.90 Å². The zero-order valence-corrected chi connectivity index (χ0v) is 10.4. The molecule has 0 saturated heterocycles. The predicted molar refractivity (Wildman–Crippen MR) is 64.0 cm³/mol. The maximum Gasteiger partial charge on any atom is 0.335 e. The van der Waals surface area contributed by atoms with Gasteiger partial charge in [-0.15, -0.1) is 11.8 Å². The van der Waals surface area contributed by atoms with E-state index in [1.807, 2.05) is 0 Å². The second-order valence-corrected chi connectivity index (χ2v) is 6.53. The van der Waals surface area contributed by atoms with E-state index in [1.165, 1.54) is 6.07 Å². The van der Waals surface area contributed by atoms with Gasteiger partial charge in [-0.3, -0.25) is 0 Å². The SMILES string of the molecule is CC(C)(C)Sc1cc(Cl)cc(C(=O)O)c1. The van der Waals surface area contributed by atoms with Gasteiger partial charge in [-0.05, 0) is 18.2 Å². The van der Waals surface area contributed by atoms with Gasteiger partial charge in [-0.2, -0.15) is 0 Å². The predicted octanol–water partition coefficient (Wildman–Crippen LogP) is 3.93. The van der Waals surface area contributed by atoms with Crippen molar-refractivity contribution in [2.75, 3.05) is 0 Å². The second kappa shape index (κ2) is 4.45. The van der Waals surface area contributed by atoms with Gasteiger partial charge in [0.05, 0.1) is 5.56 Å². The van der Waals surface area contributed by atoms with Crippen LogP contribution in [0.25, 0.3) is 0 Å². The summed E-state index contributed by atoms with van der Waals surface area (Å²) in [5, 5.41) is 9.32. The highest BCUT2D eigenvalue weighted by Gasteiger charge is 2.14. The Labute approximate surface area is 98.6 Å². The molecule has 0 spiro atoms. The first-order valence-electron chi connectivity index (χ1n) is 4.51. The van der Waals surface area contributed by atoms with Gasteiger partial charge >= 0.3 is 5.97 Å². The molecule has 4 heteroatoms. The Kier molecular flexibility index (Phi) is 3.68. The number of halogens is 1. The molecule has 2 nitrogen and oxygen atoms in total. The molecule has 1 N–H and O–H groups in total. The molecule has 0 atom stereocenters. The van der Waals surface area contributed by atoms with E-state index in [0.29, 0.717) is 5.02 Å². The van der Waals surface area contributed by atoms with E-state index in [4.69, 9.17) is 16.7 Å². The molecule has 0 aliphatic heterocycles. The summed E-state index contributed by atoms with van der Waals surface area (Å²) < 4.78 is 0.0421. The number of carboxylic acids is 1. The van der Waals surface area contributed by atoms with Gasteiger partial charge in [-0.25, -0.2) is 4.79 Å². The quantitative estimate of drug-likeness (QED) is 0.801. The smallest absolute Gasteiger partial charge is 0.335 e. The van der Waals surface area contributed by atoms with E-state index in [-0.39, 0.29) is 10.3 Å². The molecule has 0 amide bonds. The van der Waals surface area contributed by atoms with Crippen molar-refractivity contribution in [2.24, 2.45) is 0 Å². The van der Waals surface area contributed by atoms with E-state index in [2.05, 4.69) is 20.8 Å². The molecule has 15 heavy (non-hydrogen) atoms. The van der Waals surface area contributed by atoms with Crippen molar-refractivity contribution in [1.29, 1.82) is 0 Å². The minimum Gasteiger partial charge on any atom is -0.478 e. The standard InChI is InChI=1S/C11H13ClO2S/c1-11(2,3)15-9-5-7(10(13)14)4-8(12)6-9/h4-6H,1-3H3,(H,13,14). The van der Waals surface area contributed by atoms with Gasteiger partial charge in [0.15, 0.2) is 0 Å². The zero-order chi connectivity index (χ0) is 11.6. The molecule has 1 aromatic rings. The number of aromatic carboxylic acids is 1. The number of hydrogen-bond donors (Lipinski definition) is 1. The van der Waals surface area contributed by atoms with Crippen LogP contribution in [0.2, 0.25) is 5.02 Å². The first kappa shape index (κ1) is 12.4. The molecule has 0 aliphatic rings. The minimum absolute atomic E-state index is 0.0421. The molecule has 0 radical (unpaired) electrons. The number of hydrogen-bond acceptors (Lipinski definition) is 2. The maximum atomic E-state index is 10.8. The average Bonchev–Trinajstić information content (AvgIpc) is 1.99. The summed E-state index contributed by atoms with van der Waals surface area (Å²) >= 11 is 7.44. The van der Waals surface area contributed by atoms with Crippen molar-refractivity contribution in [3.8, 4) is 0 Å². The fourth-order valence-electron chi connectivity index (χ4n) is 1.10. The first-order valence-corrected chi connectivity index (χ1v) is 5.70. The van der Waals surface area contributed by atoms with Crippen LogP contribution in [0.3, 0.4) is 0 Å². The van der Waals surface area contributed by atoms with Crippen LogP contribution >= 0.6 is 23.4 Å². The van der Waals surface area contributed by atoms with Gasteiger partial charge < -0.3 is 5.11 Å². The Morgan fingerprint density at radius 2 is 1.93 bits per heavy atom. The molecule has 0 bridgehead atoms. The molecule has 0 aromatic heterocycles. The summed E-state index contributed by atoms with van der Waals surface area (Å²) in [4.78, 5) is 11.7. The highest BCUT2D eigenvalue weighted by molar-refractivity contribution is 8.00. The lowest BCUT2D eigenvalue weighted by Crippen LogP contribution is -2.07. The molecule has 1 rings (SSSR count). The van der Waals surface area contributed by atoms with E-state index in [9.17, 15) is 4.79 Å². The lowest BCUT2D eigenvalue weighted by Gasteiger charge is -2.17. The van der Waals surface area contributed by atoms with E-state index in [1.54, 1.807) is 23.9 Å². The highest BCUT2D eigenvalue weighted by Crippen LogP contribution is 2.33. The van der Waals surface area contributed by atoms with Gasteiger partial charge in [0.2, 0.25) is 0 Å². The average molecular weight is 245 g/mol. The Morgan fingerprint density at radius 1 is 1.33 bits per heavy atom.